The van der Waals surface area contributed by atoms with Gasteiger partial charge in [0.1, 0.15) is 0 Å². The summed E-state index contributed by atoms with van der Waals surface area (Å²) < 4.78 is 24.0. The van der Waals surface area contributed by atoms with E-state index in [4.69, 9.17) is 5.21 Å². The van der Waals surface area contributed by atoms with E-state index in [9.17, 15) is 13.2 Å². The molecule has 1 rings (SSSR count). The highest BCUT2D eigenvalue weighted by molar-refractivity contribution is 7.91. The molecule has 0 aliphatic rings. The summed E-state index contributed by atoms with van der Waals surface area (Å²) in [6.07, 6.45) is 0.739. The first-order chi connectivity index (χ1) is 8.79. The van der Waals surface area contributed by atoms with E-state index in [1.165, 1.54) is 0 Å². The molecule has 0 radical (unpaired) electrons. The number of carbonyl (C=O) groups is 1. The lowest BCUT2D eigenvalue weighted by molar-refractivity contribution is -0.138. The Morgan fingerprint density at radius 2 is 1.84 bits per heavy atom. The average molecular weight is 285 g/mol. The molecule has 0 saturated heterocycles. The number of hydrogen-bond donors (Lipinski definition) is 2. The van der Waals surface area contributed by atoms with Crippen molar-refractivity contribution in [2.75, 3.05) is 5.75 Å². The highest BCUT2D eigenvalue weighted by atomic mass is 32.2. The minimum absolute atomic E-state index is 0.0147. The van der Waals surface area contributed by atoms with Crippen molar-refractivity contribution in [2.45, 2.75) is 31.6 Å². The van der Waals surface area contributed by atoms with E-state index in [2.05, 4.69) is 0 Å². The number of hydrogen-bond acceptors (Lipinski definition) is 4. The summed E-state index contributed by atoms with van der Waals surface area (Å²) in [7, 11) is -3.31. The molecular weight excluding hydrogens is 266 g/mol. The first-order valence-electron chi connectivity index (χ1n) is 6.02. The molecule has 0 atom stereocenters. The molecule has 0 unspecified atom stereocenters. The fourth-order valence-corrected chi connectivity index (χ4v) is 3.05. The summed E-state index contributed by atoms with van der Waals surface area (Å²) in [5, 5.41) is 8.59. The van der Waals surface area contributed by atoms with Gasteiger partial charge in [0.15, 0.2) is 9.84 Å². The quantitative estimate of drug-likeness (QED) is 0.616. The Labute approximate surface area is 113 Å². The molecule has 0 aromatic heterocycles. The van der Waals surface area contributed by atoms with Gasteiger partial charge in [-0.2, -0.15) is 0 Å². The topological polar surface area (TPSA) is 83.5 Å². The number of sulfone groups is 1. The molecule has 19 heavy (non-hydrogen) atoms. The zero-order chi connectivity index (χ0) is 14.5. The van der Waals surface area contributed by atoms with Crippen LogP contribution in [0.3, 0.4) is 0 Å². The van der Waals surface area contributed by atoms with Gasteiger partial charge in [0.2, 0.25) is 5.91 Å². The molecule has 1 aromatic carbocycles. The van der Waals surface area contributed by atoms with Gasteiger partial charge < -0.3 is 0 Å². The minimum Gasteiger partial charge on any atom is -0.289 e. The van der Waals surface area contributed by atoms with E-state index in [1.54, 1.807) is 49.7 Å². The second-order valence-corrected chi connectivity index (χ2v) is 7.17. The van der Waals surface area contributed by atoms with E-state index < -0.39 is 21.2 Å². The molecule has 0 bridgehead atoms. The SMILES string of the molecule is CC(C)(CCCS(=O)(=O)c1ccccc1)C(=O)NO. The van der Waals surface area contributed by atoms with Crippen LogP contribution in [0.25, 0.3) is 0 Å². The van der Waals surface area contributed by atoms with Crippen molar-refractivity contribution in [3.05, 3.63) is 30.3 Å². The normalized spacial score (nSPS) is 12.2. The lowest BCUT2D eigenvalue weighted by atomic mass is 9.87. The molecule has 0 aliphatic carbocycles. The maximum atomic E-state index is 12.0. The summed E-state index contributed by atoms with van der Waals surface area (Å²) in [5.74, 6) is -0.524. The Hall–Kier alpha value is -1.40. The second-order valence-electron chi connectivity index (χ2n) is 5.06. The van der Waals surface area contributed by atoms with Gasteiger partial charge in [-0.15, -0.1) is 0 Å². The predicted molar refractivity (Wildman–Crippen MR) is 71.4 cm³/mol. The van der Waals surface area contributed by atoms with Crippen LogP contribution < -0.4 is 5.48 Å². The standard InChI is InChI=1S/C13H19NO4S/c1-13(2,12(15)14-16)9-6-10-19(17,18)11-7-4-3-5-8-11/h3-5,7-8,16H,6,9-10H2,1-2H3,(H,14,15). The molecule has 6 heteroatoms. The lowest BCUT2D eigenvalue weighted by Crippen LogP contribution is -2.35. The Morgan fingerprint density at radius 1 is 1.26 bits per heavy atom. The van der Waals surface area contributed by atoms with Crippen LogP contribution >= 0.6 is 0 Å². The van der Waals surface area contributed by atoms with Crippen molar-refractivity contribution in [1.29, 1.82) is 0 Å². The molecule has 1 amide bonds. The van der Waals surface area contributed by atoms with E-state index in [0.29, 0.717) is 17.7 Å². The Bertz CT molecular complexity index is 523. The molecule has 2 N–H and O–H groups in total. The minimum atomic E-state index is -3.31. The number of nitrogens with one attached hydrogen (secondary N) is 1. The van der Waals surface area contributed by atoms with E-state index in [-0.39, 0.29) is 5.75 Å². The van der Waals surface area contributed by atoms with Crippen LogP contribution in [0.4, 0.5) is 0 Å². The molecule has 0 spiro atoms. The fourth-order valence-electron chi connectivity index (χ4n) is 1.71. The van der Waals surface area contributed by atoms with Crippen LogP contribution in [0.15, 0.2) is 35.2 Å². The largest absolute Gasteiger partial charge is 0.289 e. The van der Waals surface area contributed by atoms with Gasteiger partial charge in [-0.05, 0) is 25.0 Å². The van der Waals surface area contributed by atoms with Gasteiger partial charge in [-0.25, -0.2) is 13.9 Å². The fraction of sp³-hybridized carbons (Fsp3) is 0.462. The maximum Gasteiger partial charge on any atom is 0.248 e. The van der Waals surface area contributed by atoms with E-state index >= 15 is 0 Å². The number of carbonyl (C=O) groups excluding carboxylic acids is 1. The van der Waals surface area contributed by atoms with E-state index in [1.807, 2.05) is 0 Å². The van der Waals surface area contributed by atoms with Gasteiger partial charge in [-0.3, -0.25) is 10.0 Å². The van der Waals surface area contributed by atoms with Gasteiger partial charge >= 0.3 is 0 Å². The number of amides is 1. The first-order valence-corrected chi connectivity index (χ1v) is 7.67. The van der Waals surface area contributed by atoms with Crippen LogP contribution in [0.5, 0.6) is 0 Å². The molecule has 0 fully saturated rings. The van der Waals surface area contributed by atoms with Crippen molar-refractivity contribution >= 4 is 15.7 Å². The third-order valence-electron chi connectivity index (χ3n) is 3.03. The second kappa shape index (κ2) is 6.16. The zero-order valence-corrected chi connectivity index (χ0v) is 11.9. The lowest BCUT2D eigenvalue weighted by Gasteiger charge is -2.21. The van der Waals surface area contributed by atoms with Crippen molar-refractivity contribution in [2.24, 2.45) is 5.41 Å². The number of hydroxylamine groups is 1. The van der Waals surface area contributed by atoms with Crippen LogP contribution in [0, 0.1) is 5.41 Å². The Balaban J connectivity index is 2.61. The maximum absolute atomic E-state index is 12.0. The van der Waals surface area contributed by atoms with Gasteiger partial charge in [-0.1, -0.05) is 32.0 Å². The van der Waals surface area contributed by atoms with Crippen molar-refractivity contribution in [3.63, 3.8) is 0 Å². The molecule has 0 aliphatic heterocycles. The summed E-state index contributed by atoms with van der Waals surface area (Å²) in [5.41, 5.74) is 0.805. The highest BCUT2D eigenvalue weighted by Crippen LogP contribution is 2.23. The van der Waals surface area contributed by atoms with Crippen molar-refractivity contribution in [1.82, 2.24) is 5.48 Å². The predicted octanol–water partition coefficient (Wildman–Crippen LogP) is 1.77. The van der Waals surface area contributed by atoms with Crippen molar-refractivity contribution < 1.29 is 18.4 Å². The molecule has 0 heterocycles. The highest BCUT2D eigenvalue weighted by Gasteiger charge is 2.27. The molecule has 106 valence electrons. The van der Waals surface area contributed by atoms with Crippen LogP contribution in [-0.4, -0.2) is 25.3 Å². The Kier molecular flexibility index (Phi) is 5.08. The van der Waals surface area contributed by atoms with Gasteiger partial charge in [0, 0.05) is 5.41 Å². The Morgan fingerprint density at radius 3 is 2.37 bits per heavy atom. The first kappa shape index (κ1) is 15.7. The molecular formula is C13H19NO4S. The van der Waals surface area contributed by atoms with Crippen LogP contribution in [0.1, 0.15) is 26.7 Å². The van der Waals surface area contributed by atoms with Gasteiger partial charge in [0.05, 0.1) is 10.6 Å². The van der Waals surface area contributed by atoms with E-state index in [0.717, 1.165) is 0 Å². The van der Waals surface area contributed by atoms with Crippen molar-refractivity contribution in [3.8, 4) is 0 Å². The average Bonchev–Trinajstić information content (AvgIpc) is 2.38. The monoisotopic (exact) mass is 285 g/mol. The number of benzene rings is 1. The third-order valence-corrected chi connectivity index (χ3v) is 4.85. The molecule has 0 saturated carbocycles. The summed E-state index contributed by atoms with van der Waals surface area (Å²) in [4.78, 5) is 11.6. The molecule has 1 aromatic rings. The number of rotatable bonds is 6. The summed E-state index contributed by atoms with van der Waals surface area (Å²) in [6.45, 7) is 3.32. The third kappa shape index (κ3) is 4.33. The summed E-state index contributed by atoms with van der Waals surface area (Å²) >= 11 is 0. The van der Waals surface area contributed by atoms with Crippen LogP contribution in [-0.2, 0) is 14.6 Å². The summed E-state index contributed by atoms with van der Waals surface area (Å²) in [6, 6.07) is 8.22. The van der Waals surface area contributed by atoms with Gasteiger partial charge in [0.25, 0.3) is 0 Å². The molecule has 5 nitrogen and oxygen atoms in total. The smallest absolute Gasteiger partial charge is 0.248 e. The zero-order valence-electron chi connectivity index (χ0n) is 11.1. The van der Waals surface area contributed by atoms with Crippen LogP contribution in [0.2, 0.25) is 0 Å².